The van der Waals surface area contributed by atoms with E-state index >= 15 is 0 Å². The average Bonchev–Trinajstić information content (AvgIpc) is 2.45. The lowest BCUT2D eigenvalue weighted by Crippen LogP contribution is -2.23. The number of rotatable bonds is 3. The van der Waals surface area contributed by atoms with Gasteiger partial charge in [-0.25, -0.2) is 0 Å². The summed E-state index contributed by atoms with van der Waals surface area (Å²) in [6.45, 7) is 2.24. The first kappa shape index (κ1) is 14.4. The molecule has 1 aliphatic rings. The number of anilines is 1. The topological polar surface area (TPSA) is 47.9 Å². The first-order chi connectivity index (χ1) is 9.50. The Kier molecular flexibility index (Phi) is 4.30. The molecule has 0 unspecified atom stereocenters. The van der Waals surface area contributed by atoms with Crippen LogP contribution in [0.25, 0.3) is 0 Å². The Morgan fingerprint density at radius 2 is 2.15 bits per heavy atom. The van der Waals surface area contributed by atoms with Crippen LogP contribution in [0.1, 0.15) is 17.5 Å². The molecular weight excluding hydrogens is 267 g/mol. The molecule has 1 heterocycles. The maximum absolute atomic E-state index is 12.6. The highest BCUT2D eigenvalue weighted by atomic mass is 19.4. The van der Waals surface area contributed by atoms with Crippen molar-refractivity contribution in [3.05, 3.63) is 41.0 Å². The molecule has 2 N–H and O–H groups in total. The van der Waals surface area contributed by atoms with Gasteiger partial charge in [0.1, 0.15) is 6.07 Å². The van der Waals surface area contributed by atoms with E-state index in [4.69, 9.17) is 5.26 Å². The number of hydrogen-bond acceptors (Lipinski definition) is 3. The quantitative estimate of drug-likeness (QED) is 0.837. The van der Waals surface area contributed by atoms with Gasteiger partial charge in [0.15, 0.2) is 0 Å². The van der Waals surface area contributed by atoms with Crippen LogP contribution in [0.5, 0.6) is 0 Å². The minimum atomic E-state index is -4.43. The fraction of sp³-hybridized carbons (Fsp3) is 0.357. The Morgan fingerprint density at radius 1 is 1.35 bits per heavy atom. The van der Waals surface area contributed by atoms with Gasteiger partial charge in [0.2, 0.25) is 0 Å². The lowest BCUT2D eigenvalue weighted by Gasteiger charge is -2.16. The van der Waals surface area contributed by atoms with Gasteiger partial charge in [-0.15, -0.1) is 0 Å². The van der Waals surface area contributed by atoms with E-state index in [9.17, 15) is 13.2 Å². The monoisotopic (exact) mass is 281 g/mol. The van der Waals surface area contributed by atoms with E-state index in [1.54, 1.807) is 6.07 Å². The van der Waals surface area contributed by atoms with Crippen LogP contribution in [0.3, 0.4) is 0 Å². The van der Waals surface area contributed by atoms with E-state index < -0.39 is 11.7 Å². The maximum Gasteiger partial charge on any atom is 0.416 e. The van der Waals surface area contributed by atoms with Crippen molar-refractivity contribution in [2.45, 2.75) is 12.6 Å². The average molecular weight is 281 g/mol. The number of benzene rings is 1. The maximum atomic E-state index is 12.6. The lowest BCUT2D eigenvalue weighted by molar-refractivity contribution is -0.137. The summed E-state index contributed by atoms with van der Waals surface area (Å²) in [5.74, 6) is 0. The predicted molar refractivity (Wildman–Crippen MR) is 70.2 cm³/mol. The van der Waals surface area contributed by atoms with Crippen LogP contribution < -0.4 is 10.6 Å². The molecule has 2 rings (SSSR count). The van der Waals surface area contributed by atoms with Gasteiger partial charge < -0.3 is 10.6 Å². The van der Waals surface area contributed by atoms with Gasteiger partial charge in [0.05, 0.1) is 16.8 Å². The van der Waals surface area contributed by atoms with Crippen LogP contribution in [0.15, 0.2) is 29.8 Å². The second kappa shape index (κ2) is 5.97. The summed E-state index contributed by atoms with van der Waals surface area (Å²) in [7, 11) is 0. The van der Waals surface area contributed by atoms with Crippen molar-refractivity contribution >= 4 is 5.69 Å². The van der Waals surface area contributed by atoms with E-state index in [2.05, 4.69) is 10.6 Å². The molecule has 0 fully saturated rings. The van der Waals surface area contributed by atoms with Crippen molar-refractivity contribution < 1.29 is 13.2 Å². The van der Waals surface area contributed by atoms with Crippen molar-refractivity contribution in [3.63, 3.8) is 0 Å². The molecule has 1 aromatic carbocycles. The first-order valence-electron chi connectivity index (χ1n) is 6.24. The summed E-state index contributed by atoms with van der Waals surface area (Å²) >= 11 is 0. The standard InChI is InChI=1S/C14H14F3N3/c15-14(16,17)12-1-2-13(11(7-12)8-18)20-9-10-3-5-19-6-4-10/h1-3,7,19-20H,4-6,9H2. The fourth-order valence-electron chi connectivity index (χ4n) is 2.01. The second-order valence-electron chi connectivity index (χ2n) is 4.54. The molecule has 0 aromatic heterocycles. The molecule has 1 aromatic rings. The van der Waals surface area contributed by atoms with Gasteiger partial charge in [-0.1, -0.05) is 11.6 Å². The zero-order valence-corrected chi connectivity index (χ0v) is 10.7. The molecule has 0 saturated carbocycles. The molecule has 3 nitrogen and oxygen atoms in total. The highest BCUT2D eigenvalue weighted by Gasteiger charge is 2.31. The Morgan fingerprint density at radius 3 is 2.75 bits per heavy atom. The van der Waals surface area contributed by atoms with Gasteiger partial charge in [-0.2, -0.15) is 18.4 Å². The molecule has 106 valence electrons. The number of nitrogens with one attached hydrogen (secondary N) is 2. The summed E-state index contributed by atoms with van der Waals surface area (Å²) in [6.07, 6.45) is -1.48. The summed E-state index contributed by atoms with van der Waals surface area (Å²) in [5.41, 5.74) is 0.822. The Bertz CT molecular complexity index is 556. The van der Waals surface area contributed by atoms with Gasteiger partial charge in [-0.3, -0.25) is 0 Å². The number of nitrogens with zero attached hydrogens (tertiary/aromatic N) is 1. The molecule has 20 heavy (non-hydrogen) atoms. The zero-order valence-electron chi connectivity index (χ0n) is 10.7. The number of alkyl halides is 3. The molecule has 0 spiro atoms. The van der Waals surface area contributed by atoms with Crippen LogP contribution in [0, 0.1) is 11.3 Å². The molecule has 6 heteroatoms. The predicted octanol–water partition coefficient (Wildman–Crippen LogP) is 2.91. The van der Waals surface area contributed by atoms with Crippen LogP contribution in [-0.4, -0.2) is 19.6 Å². The molecule has 0 amide bonds. The Hall–Kier alpha value is -2.00. The molecule has 0 aliphatic carbocycles. The molecule has 1 aliphatic heterocycles. The Labute approximate surface area is 115 Å². The highest BCUT2D eigenvalue weighted by molar-refractivity contribution is 5.59. The largest absolute Gasteiger partial charge is 0.416 e. The van der Waals surface area contributed by atoms with Gasteiger partial charge in [-0.05, 0) is 31.2 Å². The molecule has 0 atom stereocenters. The minimum absolute atomic E-state index is 0.00867. The molecule has 0 radical (unpaired) electrons. The minimum Gasteiger partial charge on any atom is -0.380 e. The van der Waals surface area contributed by atoms with E-state index in [0.29, 0.717) is 12.2 Å². The van der Waals surface area contributed by atoms with Crippen LogP contribution in [0.2, 0.25) is 0 Å². The normalized spacial score (nSPS) is 15.4. The summed E-state index contributed by atoms with van der Waals surface area (Å²) in [4.78, 5) is 0. The highest BCUT2D eigenvalue weighted by Crippen LogP contribution is 2.31. The molecule has 0 bridgehead atoms. The molecule has 0 saturated heterocycles. The van der Waals surface area contributed by atoms with E-state index in [-0.39, 0.29) is 5.56 Å². The van der Waals surface area contributed by atoms with Gasteiger partial charge >= 0.3 is 6.18 Å². The van der Waals surface area contributed by atoms with E-state index in [0.717, 1.165) is 31.6 Å². The smallest absolute Gasteiger partial charge is 0.380 e. The summed E-state index contributed by atoms with van der Waals surface area (Å²) < 4.78 is 37.7. The summed E-state index contributed by atoms with van der Waals surface area (Å²) in [6, 6.07) is 4.97. The van der Waals surface area contributed by atoms with E-state index in [1.165, 1.54) is 11.6 Å². The third-order valence-electron chi connectivity index (χ3n) is 3.13. The number of hydrogen-bond donors (Lipinski definition) is 2. The zero-order chi connectivity index (χ0) is 14.6. The SMILES string of the molecule is N#Cc1cc(C(F)(F)F)ccc1NCC1=CCNCC1. The van der Waals surface area contributed by atoms with Gasteiger partial charge in [0.25, 0.3) is 0 Å². The van der Waals surface area contributed by atoms with Crippen molar-refractivity contribution in [2.24, 2.45) is 0 Å². The van der Waals surface area contributed by atoms with Crippen LogP contribution in [0.4, 0.5) is 18.9 Å². The van der Waals surface area contributed by atoms with Crippen molar-refractivity contribution in [1.29, 1.82) is 5.26 Å². The Balaban J connectivity index is 2.12. The van der Waals surface area contributed by atoms with Crippen molar-refractivity contribution in [3.8, 4) is 6.07 Å². The van der Waals surface area contributed by atoms with E-state index in [1.807, 2.05) is 6.08 Å². The van der Waals surface area contributed by atoms with Crippen molar-refractivity contribution in [1.82, 2.24) is 5.32 Å². The number of halogens is 3. The van der Waals surface area contributed by atoms with Crippen molar-refractivity contribution in [2.75, 3.05) is 25.0 Å². The lowest BCUT2D eigenvalue weighted by atomic mass is 10.1. The third-order valence-corrected chi connectivity index (χ3v) is 3.13. The van der Waals surface area contributed by atoms with Crippen LogP contribution >= 0.6 is 0 Å². The number of nitriles is 1. The third kappa shape index (κ3) is 3.52. The first-order valence-corrected chi connectivity index (χ1v) is 6.24. The summed E-state index contributed by atoms with van der Waals surface area (Å²) in [5, 5.41) is 15.2. The molecular formula is C14H14F3N3. The van der Waals surface area contributed by atoms with Gasteiger partial charge in [0, 0.05) is 13.1 Å². The second-order valence-corrected chi connectivity index (χ2v) is 4.54. The fourth-order valence-corrected chi connectivity index (χ4v) is 2.01. The van der Waals surface area contributed by atoms with Crippen LogP contribution in [-0.2, 0) is 6.18 Å².